The highest BCUT2D eigenvalue weighted by atomic mass is 16.6. The van der Waals surface area contributed by atoms with Crippen LogP contribution in [0, 0.1) is 16.0 Å². The van der Waals surface area contributed by atoms with Crippen LogP contribution in [-0.4, -0.2) is 28.4 Å². The number of piperidine rings is 1. The van der Waals surface area contributed by atoms with E-state index in [1.165, 1.54) is 12.1 Å². The Morgan fingerprint density at radius 3 is 2.81 bits per heavy atom. The number of anilines is 2. The molecule has 5 N–H and O–H groups in total. The van der Waals surface area contributed by atoms with Gasteiger partial charge in [0.15, 0.2) is 0 Å². The van der Waals surface area contributed by atoms with Gasteiger partial charge in [-0.05, 0) is 19.8 Å². The molecule has 0 aromatic carbocycles. The summed E-state index contributed by atoms with van der Waals surface area (Å²) in [5.74, 6) is 5.27. The number of carbonyl (C=O) groups is 1. The molecule has 2 rings (SSSR count). The van der Waals surface area contributed by atoms with Gasteiger partial charge in [-0.1, -0.05) is 0 Å². The van der Waals surface area contributed by atoms with Crippen molar-refractivity contribution >= 4 is 23.2 Å². The third-order valence-electron chi connectivity index (χ3n) is 3.73. The zero-order chi connectivity index (χ0) is 15.6. The fourth-order valence-corrected chi connectivity index (χ4v) is 2.49. The molecule has 0 saturated carbocycles. The molecule has 9 nitrogen and oxygen atoms in total. The highest BCUT2D eigenvalue weighted by Crippen LogP contribution is 2.30. The zero-order valence-electron chi connectivity index (χ0n) is 11.7. The third-order valence-corrected chi connectivity index (χ3v) is 3.73. The van der Waals surface area contributed by atoms with Gasteiger partial charge in [0.25, 0.3) is 5.69 Å². The summed E-state index contributed by atoms with van der Waals surface area (Å²) < 4.78 is 0. The summed E-state index contributed by atoms with van der Waals surface area (Å²) in [6.45, 7) is 2.38. The molecule has 0 aliphatic carbocycles. The topological polar surface area (TPSA) is 140 Å². The highest BCUT2D eigenvalue weighted by Gasteiger charge is 2.30. The number of nitrogens with two attached hydrogens (primary N) is 2. The predicted octanol–water partition coefficient (Wildman–Crippen LogP) is 0.366. The molecule has 1 aliphatic rings. The largest absolute Gasteiger partial charge is 0.369 e. The lowest BCUT2D eigenvalue weighted by molar-refractivity contribution is -0.384. The molecule has 1 saturated heterocycles. The van der Waals surface area contributed by atoms with Crippen molar-refractivity contribution in [2.75, 3.05) is 16.9 Å². The number of carbonyl (C=O) groups excluding carboxylic acids is 1. The Hall–Kier alpha value is -2.42. The monoisotopic (exact) mass is 294 g/mol. The number of aromatic nitrogens is 1. The molecule has 1 amide bonds. The molecule has 2 unspecified atom stereocenters. The van der Waals surface area contributed by atoms with E-state index < -0.39 is 4.92 Å². The number of pyridine rings is 1. The second kappa shape index (κ2) is 5.92. The van der Waals surface area contributed by atoms with E-state index in [1.807, 2.05) is 11.8 Å². The Morgan fingerprint density at radius 1 is 1.52 bits per heavy atom. The van der Waals surface area contributed by atoms with Gasteiger partial charge in [0.1, 0.15) is 11.6 Å². The number of hydrogen-bond acceptors (Lipinski definition) is 7. The van der Waals surface area contributed by atoms with Crippen LogP contribution in [0.2, 0.25) is 0 Å². The van der Waals surface area contributed by atoms with Gasteiger partial charge < -0.3 is 16.1 Å². The van der Waals surface area contributed by atoms with Gasteiger partial charge in [-0.15, -0.1) is 0 Å². The van der Waals surface area contributed by atoms with Crippen LogP contribution in [0.25, 0.3) is 0 Å². The summed E-state index contributed by atoms with van der Waals surface area (Å²) in [6, 6.07) is 2.74. The second-order valence-electron chi connectivity index (χ2n) is 5.15. The second-order valence-corrected chi connectivity index (χ2v) is 5.15. The van der Waals surface area contributed by atoms with E-state index in [4.69, 9.17) is 11.6 Å². The van der Waals surface area contributed by atoms with Gasteiger partial charge in [-0.2, -0.15) is 0 Å². The molecule has 0 bridgehead atoms. The lowest BCUT2D eigenvalue weighted by atomic mass is 9.93. The van der Waals surface area contributed by atoms with Crippen LogP contribution in [0.3, 0.4) is 0 Å². The molecule has 21 heavy (non-hydrogen) atoms. The summed E-state index contributed by atoms with van der Waals surface area (Å²) in [7, 11) is 0. The smallest absolute Gasteiger partial charge is 0.276 e. The number of nitrogens with one attached hydrogen (secondary N) is 1. The normalized spacial score (nSPS) is 21.9. The Morgan fingerprint density at radius 2 is 2.24 bits per heavy atom. The first-order chi connectivity index (χ1) is 9.92. The van der Waals surface area contributed by atoms with Gasteiger partial charge in [0, 0.05) is 12.6 Å². The first-order valence-corrected chi connectivity index (χ1v) is 6.61. The van der Waals surface area contributed by atoms with Crippen LogP contribution in [-0.2, 0) is 4.79 Å². The van der Waals surface area contributed by atoms with Gasteiger partial charge >= 0.3 is 0 Å². The molecule has 9 heteroatoms. The maximum atomic E-state index is 11.4. The number of primary amides is 1. The number of rotatable bonds is 4. The molecule has 0 radical (unpaired) electrons. The molecule has 1 aliphatic heterocycles. The average molecular weight is 294 g/mol. The first kappa shape index (κ1) is 15.0. The fraction of sp³-hybridized carbons (Fsp3) is 0.500. The van der Waals surface area contributed by atoms with Crippen LogP contribution in [0.15, 0.2) is 12.1 Å². The Bertz CT molecular complexity index is 564. The standard InChI is InChI=1S/C12H18N6O3/c1-7-2-3-8(12(13)19)6-17(7)11-5-9(18(20)21)4-10(15-11)16-14/h4-5,7-8H,2-3,6,14H2,1H3,(H2,13,19)(H,15,16). The molecule has 1 aromatic rings. The number of nitro groups is 1. The van der Waals surface area contributed by atoms with Crippen molar-refractivity contribution in [3.63, 3.8) is 0 Å². The number of amides is 1. The van der Waals surface area contributed by atoms with E-state index in [1.54, 1.807) is 0 Å². The first-order valence-electron chi connectivity index (χ1n) is 6.61. The number of hydrazine groups is 1. The Kier molecular flexibility index (Phi) is 4.22. The number of nitrogens with zero attached hydrogens (tertiary/aromatic N) is 3. The van der Waals surface area contributed by atoms with Crippen LogP contribution >= 0.6 is 0 Å². The summed E-state index contributed by atoms with van der Waals surface area (Å²) in [4.78, 5) is 27.9. The quantitative estimate of drug-likeness (QED) is 0.413. The Balaban J connectivity index is 2.36. The molecule has 1 aromatic heterocycles. The average Bonchev–Trinajstić information content (AvgIpc) is 2.46. The molecule has 2 atom stereocenters. The van der Waals surface area contributed by atoms with E-state index >= 15 is 0 Å². The molecule has 114 valence electrons. The van der Waals surface area contributed by atoms with Gasteiger partial charge in [0.05, 0.1) is 23.0 Å². The van der Waals surface area contributed by atoms with Crippen LogP contribution in [0.5, 0.6) is 0 Å². The zero-order valence-corrected chi connectivity index (χ0v) is 11.7. The molecule has 0 spiro atoms. The SMILES string of the molecule is CC1CCC(C(N)=O)CN1c1cc([N+](=O)[O-])cc(NN)n1. The minimum atomic E-state index is -0.508. The van der Waals surface area contributed by atoms with E-state index in [9.17, 15) is 14.9 Å². The molecule has 1 fully saturated rings. The van der Waals surface area contributed by atoms with Crippen LogP contribution in [0.1, 0.15) is 19.8 Å². The number of hydrogen-bond donors (Lipinski definition) is 3. The highest BCUT2D eigenvalue weighted by molar-refractivity contribution is 5.77. The van der Waals surface area contributed by atoms with Crippen molar-refractivity contribution < 1.29 is 9.72 Å². The van der Waals surface area contributed by atoms with Gasteiger partial charge in [0.2, 0.25) is 5.91 Å². The number of nitrogen functional groups attached to an aromatic ring is 1. The Labute approximate surface area is 121 Å². The lowest BCUT2D eigenvalue weighted by Gasteiger charge is -2.37. The minimum absolute atomic E-state index is 0.110. The summed E-state index contributed by atoms with van der Waals surface area (Å²) in [5.41, 5.74) is 7.57. The predicted molar refractivity (Wildman–Crippen MR) is 77.4 cm³/mol. The molecule has 2 heterocycles. The third kappa shape index (κ3) is 3.19. The van der Waals surface area contributed by atoms with E-state index in [0.717, 1.165) is 6.42 Å². The van der Waals surface area contributed by atoms with Crippen molar-refractivity contribution in [3.8, 4) is 0 Å². The fourth-order valence-electron chi connectivity index (χ4n) is 2.49. The van der Waals surface area contributed by atoms with E-state index in [-0.39, 0.29) is 29.4 Å². The van der Waals surface area contributed by atoms with E-state index in [2.05, 4.69) is 10.4 Å². The summed E-state index contributed by atoms with van der Waals surface area (Å²) >= 11 is 0. The van der Waals surface area contributed by atoms with Crippen molar-refractivity contribution in [2.24, 2.45) is 17.5 Å². The minimum Gasteiger partial charge on any atom is -0.369 e. The van der Waals surface area contributed by atoms with Crippen LogP contribution < -0.4 is 21.9 Å². The summed E-state index contributed by atoms with van der Waals surface area (Å²) in [5, 5.41) is 11.0. The van der Waals surface area contributed by atoms with Crippen LogP contribution in [0.4, 0.5) is 17.3 Å². The molecular weight excluding hydrogens is 276 g/mol. The van der Waals surface area contributed by atoms with Gasteiger partial charge in [-0.25, -0.2) is 10.8 Å². The van der Waals surface area contributed by atoms with Gasteiger partial charge in [-0.3, -0.25) is 14.9 Å². The maximum absolute atomic E-state index is 11.4. The van der Waals surface area contributed by atoms with E-state index in [0.29, 0.717) is 18.8 Å². The summed E-state index contributed by atoms with van der Waals surface area (Å²) in [6.07, 6.45) is 1.48. The van der Waals surface area contributed by atoms with Crippen molar-refractivity contribution in [3.05, 3.63) is 22.2 Å². The van der Waals surface area contributed by atoms with Crippen molar-refractivity contribution in [2.45, 2.75) is 25.8 Å². The maximum Gasteiger partial charge on any atom is 0.276 e. The van der Waals surface area contributed by atoms with Crippen molar-refractivity contribution in [1.29, 1.82) is 0 Å². The van der Waals surface area contributed by atoms with Crippen molar-refractivity contribution in [1.82, 2.24) is 4.98 Å². The molecular formula is C12H18N6O3. The lowest BCUT2D eigenvalue weighted by Crippen LogP contribution is -2.46.